The zero-order valence-corrected chi connectivity index (χ0v) is 13.1. The normalized spacial score (nSPS) is 12.9. The van der Waals surface area contributed by atoms with Crippen molar-refractivity contribution in [2.75, 3.05) is 0 Å². The van der Waals surface area contributed by atoms with Crippen molar-refractivity contribution >= 4 is 11.3 Å². The van der Waals surface area contributed by atoms with Gasteiger partial charge in [-0.2, -0.15) is 0 Å². The highest BCUT2D eigenvalue weighted by atomic mass is 32.1. The van der Waals surface area contributed by atoms with Gasteiger partial charge in [-0.25, -0.2) is 0 Å². The molecule has 0 saturated carbocycles. The first-order chi connectivity index (χ1) is 8.65. The van der Waals surface area contributed by atoms with Crippen molar-refractivity contribution < 1.29 is 0 Å². The lowest BCUT2D eigenvalue weighted by atomic mass is 10.0. The molecule has 104 valence electrons. The van der Waals surface area contributed by atoms with Crippen LogP contribution in [0.1, 0.15) is 79.6 Å². The van der Waals surface area contributed by atoms with Gasteiger partial charge in [-0.1, -0.05) is 51.9 Å². The maximum Gasteiger partial charge on any atom is 0.0305 e. The van der Waals surface area contributed by atoms with Gasteiger partial charge in [-0.15, -0.1) is 11.3 Å². The molecule has 0 aliphatic heterocycles. The number of thiophene rings is 1. The predicted molar refractivity (Wildman–Crippen MR) is 83.3 cm³/mol. The van der Waals surface area contributed by atoms with Gasteiger partial charge in [0.1, 0.15) is 0 Å². The molecule has 0 aliphatic carbocycles. The van der Waals surface area contributed by atoms with E-state index in [0.29, 0.717) is 0 Å². The molecule has 1 unspecified atom stereocenters. The summed E-state index contributed by atoms with van der Waals surface area (Å²) in [7, 11) is 0. The van der Waals surface area contributed by atoms with Crippen LogP contribution < -0.4 is 5.73 Å². The minimum atomic E-state index is 0.255. The summed E-state index contributed by atoms with van der Waals surface area (Å²) < 4.78 is 0. The Labute approximate surface area is 117 Å². The molecular formula is C16H29NS. The molecule has 2 heteroatoms. The van der Waals surface area contributed by atoms with Crippen LogP contribution in [-0.4, -0.2) is 0 Å². The number of rotatable bonds is 9. The van der Waals surface area contributed by atoms with Gasteiger partial charge < -0.3 is 5.73 Å². The first-order valence-electron chi connectivity index (χ1n) is 7.47. The maximum absolute atomic E-state index is 6.28. The van der Waals surface area contributed by atoms with Gasteiger partial charge in [0.05, 0.1) is 0 Å². The van der Waals surface area contributed by atoms with Crippen molar-refractivity contribution in [2.24, 2.45) is 5.73 Å². The van der Waals surface area contributed by atoms with Crippen LogP contribution in [0.15, 0.2) is 6.07 Å². The van der Waals surface area contributed by atoms with Crippen LogP contribution in [0.4, 0.5) is 0 Å². The lowest BCUT2D eigenvalue weighted by molar-refractivity contribution is 0.541. The third kappa shape index (κ3) is 5.53. The number of unbranched alkanes of at least 4 members (excludes halogenated alkanes) is 6. The van der Waals surface area contributed by atoms with E-state index in [1.165, 1.54) is 60.3 Å². The van der Waals surface area contributed by atoms with Crippen molar-refractivity contribution in [3.63, 3.8) is 0 Å². The lowest BCUT2D eigenvalue weighted by Crippen LogP contribution is -2.10. The molecular weight excluding hydrogens is 238 g/mol. The van der Waals surface area contributed by atoms with E-state index < -0.39 is 0 Å². The summed E-state index contributed by atoms with van der Waals surface area (Å²) in [5.74, 6) is 0. The van der Waals surface area contributed by atoms with Crippen LogP contribution in [0.3, 0.4) is 0 Å². The molecule has 1 rings (SSSR count). The smallest absolute Gasteiger partial charge is 0.0305 e. The van der Waals surface area contributed by atoms with Crippen LogP contribution in [0, 0.1) is 13.8 Å². The van der Waals surface area contributed by atoms with Crippen molar-refractivity contribution in [3.8, 4) is 0 Å². The highest BCUT2D eigenvalue weighted by molar-refractivity contribution is 7.12. The van der Waals surface area contributed by atoms with E-state index in [1.807, 2.05) is 11.3 Å². The van der Waals surface area contributed by atoms with Gasteiger partial charge in [0.25, 0.3) is 0 Å². The zero-order valence-electron chi connectivity index (χ0n) is 12.3. The number of hydrogen-bond acceptors (Lipinski definition) is 2. The molecule has 1 aromatic heterocycles. The fourth-order valence-electron chi connectivity index (χ4n) is 2.50. The maximum atomic E-state index is 6.28. The molecule has 0 fully saturated rings. The molecule has 1 heterocycles. The Morgan fingerprint density at radius 3 is 2.22 bits per heavy atom. The van der Waals surface area contributed by atoms with Crippen molar-refractivity contribution in [1.82, 2.24) is 0 Å². The van der Waals surface area contributed by atoms with E-state index in [4.69, 9.17) is 5.73 Å². The molecule has 0 radical (unpaired) electrons. The molecule has 2 N–H and O–H groups in total. The lowest BCUT2D eigenvalue weighted by Gasteiger charge is -2.11. The van der Waals surface area contributed by atoms with E-state index in [0.717, 1.165) is 6.42 Å². The van der Waals surface area contributed by atoms with Gasteiger partial charge in [-0.05, 0) is 31.9 Å². The Hall–Kier alpha value is -0.340. The van der Waals surface area contributed by atoms with E-state index in [2.05, 4.69) is 26.8 Å². The molecule has 0 aromatic carbocycles. The summed E-state index contributed by atoms with van der Waals surface area (Å²) in [5, 5.41) is 0. The molecule has 0 spiro atoms. The van der Waals surface area contributed by atoms with Gasteiger partial charge in [0.2, 0.25) is 0 Å². The molecule has 0 bridgehead atoms. The van der Waals surface area contributed by atoms with Gasteiger partial charge >= 0.3 is 0 Å². The second-order valence-electron chi connectivity index (χ2n) is 5.39. The highest BCUT2D eigenvalue weighted by Gasteiger charge is 2.10. The summed E-state index contributed by atoms with van der Waals surface area (Å²) in [6, 6.07) is 2.52. The van der Waals surface area contributed by atoms with Crippen LogP contribution in [0.2, 0.25) is 0 Å². The van der Waals surface area contributed by atoms with E-state index in [1.54, 1.807) is 0 Å². The highest BCUT2D eigenvalue weighted by Crippen LogP contribution is 2.28. The van der Waals surface area contributed by atoms with E-state index >= 15 is 0 Å². The summed E-state index contributed by atoms with van der Waals surface area (Å²) in [4.78, 5) is 2.79. The first kappa shape index (κ1) is 15.7. The third-order valence-corrected chi connectivity index (χ3v) is 4.58. The summed E-state index contributed by atoms with van der Waals surface area (Å²) in [5.41, 5.74) is 7.66. The molecule has 1 aromatic rings. The minimum Gasteiger partial charge on any atom is -0.324 e. The van der Waals surface area contributed by atoms with Crippen LogP contribution in [0.25, 0.3) is 0 Å². The fraction of sp³-hybridized carbons (Fsp3) is 0.750. The van der Waals surface area contributed by atoms with Crippen molar-refractivity contribution in [3.05, 3.63) is 21.4 Å². The average molecular weight is 267 g/mol. The van der Waals surface area contributed by atoms with Crippen LogP contribution in [0.5, 0.6) is 0 Å². The zero-order chi connectivity index (χ0) is 13.4. The monoisotopic (exact) mass is 267 g/mol. The third-order valence-electron chi connectivity index (χ3n) is 3.60. The Morgan fingerprint density at radius 2 is 1.67 bits per heavy atom. The second kappa shape index (κ2) is 8.71. The predicted octanol–water partition coefficient (Wildman–Crippen LogP) is 5.51. The van der Waals surface area contributed by atoms with Crippen LogP contribution in [-0.2, 0) is 0 Å². The molecule has 1 atom stereocenters. The van der Waals surface area contributed by atoms with Gasteiger partial charge in [0.15, 0.2) is 0 Å². The minimum absolute atomic E-state index is 0.255. The molecule has 18 heavy (non-hydrogen) atoms. The topological polar surface area (TPSA) is 26.0 Å². The van der Waals surface area contributed by atoms with Crippen LogP contribution >= 0.6 is 11.3 Å². The largest absolute Gasteiger partial charge is 0.324 e. The molecule has 0 amide bonds. The van der Waals surface area contributed by atoms with Crippen molar-refractivity contribution in [2.45, 2.75) is 78.2 Å². The standard InChI is InChI=1S/C16H29NS/c1-4-5-6-7-8-9-10-11-16(17)15-12-13(2)18-14(15)3/h12,16H,4-11,17H2,1-3H3. The molecule has 0 saturated heterocycles. The second-order valence-corrected chi connectivity index (χ2v) is 6.85. The first-order valence-corrected chi connectivity index (χ1v) is 8.29. The molecule has 0 aliphatic rings. The van der Waals surface area contributed by atoms with E-state index in [-0.39, 0.29) is 6.04 Å². The quantitative estimate of drug-likeness (QED) is 0.587. The fourth-order valence-corrected chi connectivity index (χ4v) is 3.49. The summed E-state index contributed by atoms with van der Waals surface area (Å²) in [6.45, 7) is 6.63. The Kier molecular flexibility index (Phi) is 7.60. The number of hydrogen-bond donors (Lipinski definition) is 1. The number of nitrogens with two attached hydrogens (primary N) is 1. The van der Waals surface area contributed by atoms with Crippen molar-refractivity contribution in [1.29, 1.82) is 0 Å². The summed E-state index contributed by atoms with van der Waals surface area (Å²) >= 11 is 1.87. The Morgan fingerprint density at radius 1 is 1.06 bits per heavy atom. The number of aryl methyl sites for hydroxylation is 2. The van der Waals surface area contributed by atoms with E-state index in [9.17, 15) is 0 Å². The SMILES string of the molecule is CCCCCCCCCC(N)c1cc(C)sc1C. The van der Waals surface area contributed by atoms with Gasteiger partial charge in [-0.3, -0.25) is 0 Å². The van der Waals surface area contributed by atoms with Gasteiger partial charge in [0, 0.05) is 15.8 Å². The summed E-state index contributed by atoms with van der Waals surface area (Å²) in [6.07, 6.45) is 10.7. The Bertz CT molecular complexity index is 330. The molecule has 1 nitrogen and oxygen atoms in total. The average Bonchev–Trinajstić information content (AvgIpc) is 2.67. The Balaban J connectivity index is 2.14.